The summed E-state index contributed by atoms with van der Waals surface area (Å²) in [5.74, 6) is 0.728. The number of halogens is 1. The average Bonchev–Trinajstić information content (AvgIpc) is 3.22. The van der Waals surface area contributed by atoms with E-state index in [2.05, 4.69) is 11.4 Å². The van der Waals surface area contributed by atoms with Crippen LogP contribution in [0, 0.1) is 6.92 Å². The molecule has 1 atom stereocenters. The minimum Gasteiger partial charge on any atom is -0.491 e. The maximum absolute atomic E-state index is 13.2. The molecule has 0 bridgehead atoms. The van der Waals surface area contributed by atoms with Gasteiger partial charge in [-0.2, -0.15) is 0 Å². The molecule has 2 amide bonds. The lowest BCUT2D eigenvalue weighted by Crippen LogP contribution is -2.47. The molecule has 0 fully saturated rings. The molecular weight excluding hydrogens is 420 g/mol. The van der Waals surface area contributed by atoms with E-state index >= 15 is 0 Å². The van der Waals surface area contributed by atoms with Crippen molar-refractivity contribution in [3.05, 3.63) is 50.7 Å². The van der Waals surface area contributed by atoms with Crippen LogP contribution in [0.2, 0.25) is 5.02 Å². The van der Waals surface area contributed by atoms with Gasteiger partial charge in [-0.3, -0.25) is 9.59 Å². The van der Waals surface area contributed by atoms with Crippen LogP contribution in [-0.2, 0) is 16.0 Å². The maximum Gasteiger partial charge on any atom is 0.242 e. The monoisotopic (exact) mass is 448 g/mol. The molecule has 0 N–H and O–H groups in total. The molecule has 1 aliphatic heterocycles. The number of carbonyl (C=O) groups excluding carboxylic acids is 2. The highest BCUT2D eigenvalue weighted by atomic mass is 35.5. The quantitative estimate of drug-likeness (QED) is 0.579. The zero-order valence-corrected chi connectivity index (χ0v) is 19.4. The lowest BCUT2D eigenvalue weighted by molar-refractivity contribution is -0.142. The number of ether oxygens (including phenoxy) is 1. The first-order valence-corrected chi connectivity index (χ1v) is 11.7. The van der Waals surface area contributed by atoms with Crippen molar-refractivity contribution >= 4 is 34.8 Å². The van der Waals surface area contributed by atoms with E-state index in [0.29, 0.717) is 31.1 Å². The van der Waals surface area contributed by atoms with Crippen molar-refractivity contribution in [3.8, 4) is 5.75 Å². The van der Waals surface area contributed by atoms with Crippen LogP contribution in [-0.4, -0.2) is 47.9 Å². The van der Waals surface area contributed by atoms with Crippen molar-refractivity contribution in [1.82, 2.24) is 9.80 Å². The molecule has 3 rings (SSSR count). The Hall–Kier alpha value is -2.05. The van der Waals surface area contributed by atoms with E-state index in [4.69, 9.17) is 16.3 Å². The van der Waals surface area contributed by atoms with Crippen LogP contribution in [0.5, 0.6) is 5.75 Å². The van der Waals surface area contributed by atoms with Gasteiger partial charge in [0.2, 0.25) is 11.8 Å². The topological polar surface area (TPSA) is 49.9 Å². The lowest BCUT2D eigenvalue weighted by atomic mass is 10.0. The van der Waals surface area contributed by atoms with E-state index in [1.165, 1.54) is 4.88 Å². The fourth-order valence-corrected chi connectivity index (χ4v) is 4.84. The molecule has 0 unspecified atom stereocenters. The molecule has 2 heterocycles. The van der Waals surface area contributed by atoms with E-state index < -0.39 is 0 Å². The number of rotatable bonds is 8. The van der Waals surface area contributed by atoms with Crippen molar-refractivity contribution in [2.45, 2.75) is 46.1 Å². The highest BCUT2D eigenvalue weighted by molar-refractivity contribution is 7.10. The zero-order valence-electron chi connectivity index (χ0n) is 17.8. The summed E-state index contributed by atoms with van der Waals surface area (Å²) in [7, 11) is 0. The molecule has 1 aromatic carbocycles. The molecule has 0 aliphatic carbocycles. The smallest absolute Gasteiger partial charge is 0.242 e. The van der Waals surface area contributed by atoms with Gasteiger partial charge in [-0.25, -0.2) is 0 Å². The SMILES string of the molecule is CCCN(CC(=O)N1CCc2sccc2[C@@H]1COc1ccc(Cl)c(C)c1)C(=O)CC. The Bertz CT molecular complexity index is 898. The standard InChI is InChI=1S/C23H29ClN2O3S/c1-4-10-25(22(27)5-2)14-23(28)26-11-8-21-18(9-12-30-21)20(26)15-29-17-6-7-19(24)16(3)13-17/h6-7,9,12-13,20H,4-5,8,10-11,14-15H2,1-3H3/t20-/m0/s1. The van der Waals surface area contributed by atoms with Gasteiger partial charge in [0.1, 0.15) is 12.4 Å². The Balaban J connectivity index is 1.77. The number of thiophene rings is 1. The van der Waals surface area contributed by atoms with Gasteiger partial charge in [-0.1, -0.05) is 25.4 Å². The molecule has 162 valence electrons. The number of fused-ring (bicyclic) bond motifs is 1. The van der Waals surface area contributed by atoms with Crippen LogP contribution < -0.4 is 4.74 Å². The summed E-state index contributed by atoms with van der Waals surface area (Å²) < 4.78 is 6.08. The van der Waals surface area contributed by atoms with E-state index in [-0.39, 0.29) is 24.4 Å². The number of aryl methyl sites for hydroxylation is 1. The summed E-state index contributed by atoms with van der Waals surface area (Å²) in [6.07, 6.45) is 2.07. The van der Waals surface area contributed by atoms with Crippen molar-refractivity contribution in [2.75, 3.05) is 26.2 Å². The fraction of sp³-hybridized carbons (Fsp3) is 0.478. The molecule has 7 heteroatoms. The minimum atomic E-state index is -0.163. The molecule has 5 nitrogen and oxygen atoms in total. The molecule has 0 radical (unpaired) electrons. The predicted octanol–water partition coefficient (Wildman–Crippen LogP) is 4.86. The zero-order chi connectivity index (χ0) is 21.7. The Kier molecular flexibility index (Phi) is 7.78. The number of carbonyl (C=O) groups is 2. The molecule has 1 aliphatic rings. The molecule has 0 spiro atoms. The van der Waals surface area contributed by atoms with E-state index in [9.17, 15) is 9.59 Å². The van der Waals surface area contributed by atoms with Crippen LogP contribution in [0.15, 0.2) is 29.6 Å². The highest BCUT2D eigenvalue weighted by Crippen LogP contribution is 2.34. The van der Waals surface area contributed by atoms with Crippen LogP contribution in [0.25, 0.3) is 0 Å². The van der Waals surface area contributed by atoms with Gasteiger partial charge < -0.3 is 14.5 Å². The molecule has 1 aromatic heterocycles. The molecular formula is C23H29ClN2O3S. The Morgan fingerprint density at radius 3 is 2.80 bits per heavy atom. The third-order valence-corrected chi connectivity index (χ3v) is 6.85. The van der Waals surface area contributed by atoms with Gasteiger partial charge in [0, 0.05) is 29.4 Å². The molecule has 2 aromatic rings. The Labute approximate surface area is 187 Å². The second kappa shape index (κ2) is 10.3. The van der Waals surface area contributed by atoms with Crippen molar-refractivity contribution in [3.63, 3.8) is 0 Å². The highest BCUT2D eigenvalue weighted by Gasteiger charge is 2.33. The van der Waals surface area contributed by atoms with E-state index in [1.807, 2.05) is 43.9 Å². The summed E-state index contributed by atoms with van der Waals surface area (Å²) in [6.45, 7) is 7.52. The van der Waals surface area contributed by atoms with Gasteiger partial charge in [0.05, 0.1) is 12.6 Å². The third kappa shape index (κ3) is 5.16. The van der Waals surface area contributed by atoms with Gasteiger partial charge >= 0.3 is 0 Å². The molecule has 0 saturated heterocycles. The van der Waals surface area contributed by atoms with Crippen molar-refractivity contribution in [1.29, 1.82) is 0 Å². The van der Waals surface area contributed by atoms with Gasteiger partial charge in [-0.05, 0) is 60.5 Å². The maximum atomic E-state index is 13.2. The van der Waals surface area contributed by atoms with Crippen LogP contribution >= 0.6 is 22.9 Å². The fourth-order valence-electron chi connectivity index (χ4n) is 3.80. The number of nitrogens with zero attached hydrogens (tertiary/aromatic N) is 2. The number of hydrogen-bond acceptors (Lipinski definition) is 4. The van der Waals surface area contributed by atoms with Gasteiger partial charge in [0.25, 0.3) is 0 Å². The lowest BCUT2D eigenvalue weighted by Gasteiger charge is -2.37. The van der Waals surface area contributed by atoms with Gasteiger partial charge in [0.15, 0.2) is 0 Å². The number of benzene rings is 1. The van der Waals surface area contributed by atoms with Crippen molar-refractivity contribution in [2.24, 2.45) is 0 Å². The van der Waals surface area contributed by atoms with Crippen LogP contribution in [0.4, 0.5) is 0 Å². The van der Waals surface area contributed by atoms with Crippen LogP contribution in [0.1, 0.15) is 48.7 Å². The normalized spacial score (nSPS) is 15.6. The largest absolute Gasteiger partial charge is 0.491 e. The molecule has 0 saturated carbocycles. The first-order valence-electron chi connectivity index (χ1n) is 10.5. The third-order valence-electron chi connectivity index (χ3n) is 5.43. The number of hydrogen-bond donors (Lipinski definition) is 0. The second-order valence-corrected chi connectivity index (χ2v) is 8.95. The van der Waals surface area contributed by atoms with E-state index in [0.717, 1.165) is 29.7 Å². The number of amides is 2. The minimum absolute atomic E-state index is 0.0165. The summed E-state index contributed by atoms with van der Waals surface area (Å²) in [6, 6.07) is 7.51. The summed E-state index contributed by atoms with van der Waals surface area (Å²) in [5, 5.41) is 2.77. The predicted molar refractivity (Wildman–Crippen MR) is 121 cm³/mol. The van der Waals surface area contributed by atoms with Crippen molar-refractivity contribution < 1.29 is 14.3 Å². The first kappa shape index (κ1) is 22.6. The van der Waals surface area contributed by atoms with Gasteiger partial charge in [-0.15, -0.1) is 11.3 Å². The molecule has 30 heavy (non-hydrogen) atoms. The summed E-state index contributed by atoms with van der Waals surface area (Å²) in [5.41, 5.74) is 2.10. The Morgan fingerprint density at radius 1 is 1.30 bits per heavy atom. The first-order chi connectivity index (χ1) is 14.4. The summed E-state index contributed by atoms with van der Waals surface area (Å²) >= 11 is 7.84. The van der Waals surface area contributed by atoms with E-state index in [1.54, 1.807) is 16.2 Å². The average molecular weight is 449 g/mol. The second-order valence-electron chi connectivity index (χ2n) is 7.54. The Morgan fingerprint density at radius 2 is 2.10 bits per heavy atom. The summed E-state index contributed by atoms with van der Waals surface area (Å²) in [4.78, 5) is 30.3. The van der Waals surface area contributed by atoms with Crippen LogP contribution in [0.3, 0.4) is 0 Å².